The highest BCUT2D eigenvalue weighted by atomic mass is 35.5. The van der Waals surface area contributed by atoms with Crippen LogP contribution in [0.3, 0.4) is 0 Å². The molecular weight excluding hydrogens is 402 g/mol. The first kappa shape index (κ1) is 19.6. The maximum absolute atomic E-state index is 12.2. The Morgan fingerprint density at radius 2 is 2.33 bits per heavy atom. The van der Waals surface area contributed by atoms with Crippen LogP contribution in [-0.4, -0.2) is 31.4 Å². The first-order valence-corrected chi connectivity index (χ1v) is 10.5. The van der Waals surface area contributed by atoms with Crippen molar-refractivity contribution in [3.8, 4) is 11.4 Å². The van der Waals surface area contributed by atoms with E-state index in [1.165, 1.54) is 16.6 Å². The number of nitrogens with one attached hydrogen (secondary N) is 1. The summed E-state index contributed by atoms with van der Waals surface area (Å²) in [5.41, 5.74) is 1.52. The normalized spacial score (nSPS) is 10.7. The third-order valence-corrected chi connectivity index (χ3v) is 6.00. The Morgan fingerprint density at radius 1 is 1.48 bits per heavy atom. The van der Waals surface area contributed by atoms with Gasteiger partial charge >= 0.3 is 0 Å². The van der Waals surface area contributed by atoms with Crippen molar-refractivity contribution in [3.63, 3.8) is 0 Å². The highest BCUT2D eigenvalue weighted by Gasteiger charge is 2.16. The van der Waals surface area contributed by atoms with E-state index in [-0.39, 0.29) is 16.8 Å². The summed E-state index contributed by atoms with van der Waals surface area (Å²) in [4.78, 5) is 17.5. The van der Waals surface area contributed by atoms with Crippen molar-refractivity contribution in [3.05, 3.63) is 52.5 Å². The number of pyridine rings is 1. The summed E-state index contributed by atoms with van der Waals surface area (Å²) in [6, 6.07) is 5.55. The number of thiophene rings is 1. The van der Waals surface area contributed by atoms with E-state index in [9.17, 15) is 4.79 Å². The maximum Gasteiger partial charge on any atom is 0.234 e. The predicted molar refractivity (Wildman–Crippen MR) is 112 cm³/mol. The Kier molecular flexibility index (Phi) is 6.65. The molecule has 0 unspecified atom stereocenters. The molecule has 1 N–H and O–H groups in total. The summed E-state index contributed by atoms with van der Waals surface area (Å²) >= 11 is 8.99. The van der Waals surface area contributed by atoms with Gasteiger partial charge in [-0.15, -0.1) is 28.1 Å². The van der Waals surface area contributed by atoms with Crippen molar-refractivity contribution in [2.75, 3.05) is 11.1 Å². The van der Waals surface area contributed by atoms with Gasteiger partial charge < -0.3 is 5.32 Å². The summed E-state index contributed by atoms with van der Waals surface area (Å²) < 4.78 is 1.96. The second-order valence-electron chi connectivity index (χ2n) is 5.54. The SMILES string of the molecule is C=CCn1c(SCC(=O)Nc2cccnc2Cl)nnc1-c1csc(CC)c1. The highest BCUT2D eigenvalue weighted by molar-refractivity contribution is 7.99. The topological polar surface area (TPSA) is 72.7 Å². The fraction of sp³-hybridized carbons (Fsp3) is 0.222. The first-order valence-electron chi connectivity index (χ1n) is 8.27. The summed E-state index contributed by atoms with van der Waals surface area (Å²) in [5.74, 6) is 0.780. The van der Waals surface area contributed by atoms with Gasteiger partial charge in [-0.1, -0.05) is 36.4 Å². The maximum atomic E-state index is 12.2. The number of amides is 1. The molecule has 0 aliphatic carbocycles. The second kappa shape index (κ2) is 9.16. The van der Waals surface area contributed by atoms with Gasteiger partial charge in [-0.2, -0.15) is 0 Å². The van der Waals surface area contributed by atoms with Crippen molar-refractivity contribution in [2.24, 2.45) is 0 Å². The molecule has 0 atom stereocenters. The van der Waals surface area contributed by atoms with Crippen molar-refractivity contribution in [1.82, 2.24) is 19.7 Å². The van der Waals surface area contributed by atoms with Crippen LogP contribution in [0.4, 0.5) is 5.69 Å². The highest BCUT2D eigenvalue weighted by Crippen LogP contribution is 2.28. The molecule has 0 bridgehead atoms. The lowest BCUT2D eigenvalue weighted by atomic mass is 10.2. The molecule has 0 spiro atoms. The lowest BCUT2D eigenvalue weighted by Gasteiger charge is -2.08. The van der Waals surface area contributed by atoms with Crippen LogP contribution in [0.2, 0.25) is 5.15 Å². The third-order valence-electron chi connectivity index (χ3n) is 3.65. The molecule has 0 radical (unpaired) electrons. The van der Waals surface area contributed by atoms with E-state index in [1.807, 2.05) is 4.57 Å². The lowest BCUT2D eigenvalue weighted by Crippen LogP contribution is -2.15. The predicted octanol–water partition coefficient (Wildman–Crippen LogP) is 4.53. The van der Waals surface area contributed by atoms with Crippen LogP contribution in [0.15, 0.2) is 47.6 Å². The fourth-order valence-electron chi connectivity index (χ4n) is 2.38. The molecule has 0 saturated heterocycles. The molecule has 3 heterocycles. The molecule has 0 aliphatic rings. The Morgan fingerprint density at radius 3 is 3.04 bits per heavy atom. The van der Waals surface area contributed by atoms with Crippen LogP contribution in [0.25, 0.3) is 11.4 Å². The van der Waals surface area contributed by atoms with Crippen molar-refractivity contribution in [2.45, 2.75) is 25.0 Å². The summed E-state index contributed by atoms with van der Waals surface area (Å²) in [6.07, 6.45) is 4.35. The number of anilines is 1. The molecule has 0 fully saturated rings. The molecule has 0 saturated carbocycles. The number of rotatable bonds is 8. The molecule has 1 amide bonds. The van der Waals surface area contributed by atoms with Crippen LogP contribution in [-0.2, 0) is 17.8 Å². The zero-order chi connectivity index (χ0) is 19.2. The van der Waals surface area contributed by atoms with Gasteiger partial charge in [0, 0.05) is 28.6 Å². The van der Waals surface area contributed by atoms with E-state index in [0.29, 0.717) is 17.4 Å². The van der Waals surface area contributed by atoms with E-state index in [0.717, 1.165) is 17.8 Å². The molecule has 0 aliphatic heterocycles. The van der Waals surface area contributed by atoms with E-state index < -0.39 is 0 Å². The fourth-order valence-corrected chi connectivity index (χ4v) is 4.11. The molecule has 140 valence electrons. The Bertz CT molecular complexity index is 953. The Labute approximate surface area is 170 Å². The second-order valence-corrected chi connectivity index (χ2v) is 7.84. The van der Waals surface area contributed by atoms with Gasteiger partial charge in [-0.25, -0.2) is 4.98 Å². The minimum absolute atomic E-state index is 0.185. The molecular formula is C18H18ClN5OS2. The largest absolute Gasteiger partial charge is 0.323 e. The van der Waals surface area contributed by atoms with Gasteiger partial charge in [0.15, 0.2) is 16.1 Å². The van der Waals surface area contributed by atoms with Crippen LogP contribution in [0, 0.1) is 0 Å². The molecule has 0 aromatic carbocycles. The van der Waals surface area contributed by atoms with Gasteiger partial charge in [0.05, 0.1) is 11.4 Å². The number of allylic oxidation sites excluding steroid dienone is 1. The average molecular weight is 420 g/mol. The first-order chi connectivity index (χ1) is 13.1. The summed E-state index contributed by atoms with van der Waals surface area (Å²) in [7, 11) is 0. The standard InChI is InChI=1S/C18H18ClN5OS2/c1-3-8-24-17(12-9-13(4-2)26-10-12)22-23-18(24)27-11-15(25)21-14-6-5-7-20-16(14)19/h3,5-7,9-10H,1,4,8,11H2,2H3,(H,21,25). The number of hydrogen-bond acceptors (Lipinski definition) is 6. The lowest BCUT2D eigenvalue weighted by molar-refractivity contribution is -0.113. The minimum Gasteiger partial charge on any atom is -0.323 e. The van der Waals surface area contributed by atoms with Gasteiger partial charge in [-0.05, 0) is 24.6 Å². The Balaban J connectivity index is 1.72. The number of aromatic nitrogens is 4. The number of halogens is 1. The summed E-state index contributed by atoms with van der Waals surface area (Å²) in [6.45, 7) is 6.50. The molecule has 3 rings (SSSR count). The number of hydrogen-bond donors (Lipinski definition) is 1. The van der Waals surface area contributed by atoms with Crippen LogP contribution in [0.5, 0.6) is 0 Å². The molecule has 3 aromatic rings. The van der Waals surface area contributed by atoms with Crippen LogP contribution >= 0.6 is 34.7 Å². The third kappa shape index (κ3) is 4.77. The van der Waals surface area contributed by atoms with Crippen molar-refractivity contribution in [1.29, 1.82) is 0 Å². The zero-order valence-electron chi connectivity index (χ0n) is 14.7. The Hall–Kier alpha value is -2.16. The number of aryl methyl sites for hydroxylation is 1. The van der Waals surface area contributed by atoms with Gasteiger partial charge in [0.1, 0.15) is 0 Å². The zero-order valence-corrected chi connectivity index (χ0v) is 17.1. The van der Waals surface area contributed by atoms with E-state index in [2.05, 4.69) is 45.4 Å². The van der Waals surface area contributed by atoms with E-state index in [4.69, 9.17) is 11.6 Å². The van der Waals surface area contributed by atoms with Crippen LogP contribution in [0.1, 0.15) is 11.8 Å². The average Bonchev–Trinajstić information content (AvgIpc) is 3.29. The number of carbonyl (C=O) groups is 1. The van der Waals surface area contributed by atoms with Gasteiger partial charge in [0.2, 0.25) is 5.91 Å². The quantitative estimate of drug-likeness (QED) is 0.330. The van der Waals surface area contributed by atoms with E-state index >= 15 is 0 Å². The minimum atomic E-state index is -0.187. The molecule has 27 heavy (non-hydrogen) atoms. The van der Waals surface area contributed by atoms with Gasteiger partial charge in [0.25, 0.3) is 0 Å². The van der Waals surface area contributed by atoms with Gasteiger partial charge in [-0.3, -0.25) is 9.36 Å². The molecule has 9 heteroatoms. The number of thioether (sulfide) groups is 1. The van der Waals surface area contributed by atoms with E-state index in [1.54, 1.807) is 35.7 Å². The monoisotopic (exact) mass is 419 g/mol. The van der Waals surface area contributed by atoms with Crippen LogP contribution < -0.4 is 5.32 Å². The smallest absolute Gasteiger partial charge is 0.234 e. The summed E-state index contributed by atoms with van der Waals surface area (Å²) in [5, 5.41) is 14.3. The van der Waals surface area contributed by atoms with Crippen molar-refractivity contribution < 1.29 is 4.79 Å². The molecule has 3 aromatic heterocycles. The van der Waals surface area contributed by atoms with Crippen molar-refractivity contribution >= 4 is 46.3 Å². The number of nitrogens with zero attached hydrogens (tertiary/aromatic N) is 4. The molecule has 6 nitrogen and oxygen atoms in total. The number of carbonyl (C=O) groups excluding carboxylic acids is 1.